The maximum atomic E-state index is 6.69. The third kappa shape index (κ3) is 3.75. The summed E-state index contributed by atoms with van der Waals surface area (Å²) in [5.41, 5.74) is 10.3. The van der Waals surface area contributed by atoms with Gasteiger partial charge in [0.1, 0.15) is 39.1 Å². The normalized spacial score (nSPS) is 12.1. The number of aromatic nitrogens is 2. The average Bonchev–Trinajstić information content (AvgIpc) is 3.86. The van der Waals surface area contributed by atoms with Gasteiger partial charge in [-0.1, -0.05) is 109 Å². The number of furan rings is 3. The van der Waals surface area contributed by atoms with Crippen molar-refractivity contribution < 1.29 is 13.3 Å². The van der Waals surface area contributed by atoms with Crippen LogP contribution >= 0.6 is 0 Å². The van der Waals surface area contributed by atoms with Crippen LogP contribution in [0.2, 0.25) is 0 Å². The first-order chi connectivity index (χ1) is 24.3. The molecule has 11 rings (SSSR count). The maximum absolute atomic E-state index is 6.69. The summed E-state index contributed by atoms with van der Waals surface area (Å²) in [7, 11) is 0. The van der Waals surface area contributed by atoms with Crippen LogP contribution in [-0.4, -0.2) is 9.97 Å². The summed E-state index contributed by atoms with van der Waals surface area (Å²) in [4.78, 5) is 10.6. The minimum atomic E-state index is 0.599. The average molecular weight is 629 g/mol. The molecule has 228 valence electrons. The Morgan fingerprint density at radius 2 is 0.959 bits per heavy atom. The Hall–Kier alpha value is -6.72. The van der Waals surface area contributed by atoms with E-state index in [0.717, 1.165) is 93.4 Å². The van der Waals surface area contributed by atoms with E-state index in [1.807, 2.05) is 66.7 Å². The van der Waals surface area contributed by atoms with Gasteiger partial charge >= 0.3 is 0 Å². The van der Waals surface area contributed by atoms with Crippen molar-refractivity contribution >= 4 is 76.7 Å². The van der Waals surface area contributed by atoms with Gasteiger partial charge in [0.15, 0.2) is 11.4 Å². The number of para-hydroxylation sites is 2. The summed E-state index contributed by atoms with van der Waals surface area (Å²) >= 11 is 0. The first-order valence-corrected chi connectivity index (χ1v) is 16.3. The van der Waals surface area contributed by atoms with Gasteiger partial charge in [0.25, 0.3) is 0 Å². The van der Waals surface area contributed by atoms with Gasteiger partial charge in [0.05, 0.1) is 0 Å². The maximum Gasteiger partial charge on any atom is 0.180 e. The molecule has 49 heavy (non-hydrogen) atoms. The van der Waals surface area contributed by atoms with E-state index in [1.54, 1.807) is 0 Å². The van der Waals surface area contributed by atoms with Crippen LogP contribution in [0.5, 0.6) is 0 Å². The molecule has 0 saturated carbocycles. The van der Waals surface area contributed by atoms with E-state index < -0.39 is 0 Å². The highest BCUT2D eigenvalue weighted by Gasteiger charge is 2.24. The van der Waals surface area contributed by atoms with E-state index in [0.29, 0.717) is 17.1 Å². The highest BCUT2D eigenvalue weighted by molar-refractivity contribution is 6.22. The van der Waals surface area contributed by atoms with E-state index >= 15 is 0 Å². The fourth-order valence-electron chi connectivity index (χ4n) is 7.56. The van der Waals surface area contributed by atoms with Crippen LogP contribution in [0.3, 0.4) is 0 Å². The summed E-state index contributed by atoms with van der Waals surface area (Å²) in [5, 5.41) is 7.17. The molecule has 0 aliphatic rings. The van der Waals surface area contributed by atoms with Gasteiger partial charge in [-0.2, -0.15) is 0 Å². The molecule has 0 amide bonds. The van der Waals surface area contributed by atoms with E-state index in [9.17, 15) is 0 Å². The van der Waals surface area contributed by atoms with E-state index in [1.165, 1.54) is 0 Å². The Bertz CT molecular complexity index is 3110. The molecule has 5 nitrogen and oxygen atoms in total. The molecule has 0 aliphatic heterocycles. The fourth-order valence-corrected chi connectivity index (χ4v) is 7.56. The largest absolute Gasteiger partial charge is 0.456 e. The summed E-state index contributed by atoms with van der Waals surface area (Å²) in [5.74, 6) is 0.599. The number of fused-ring (bicyclic) bond motifs is 11. The van der Waals surface area contributed by atoms with Crippen molar-refractivity contribution in [1.82, 2.24) is 9.97 Å². The zero-order valence-electron chi connectivity index (χ0n) is 26.0. The molecule has 0 radical (unpaired) electrons. The fraction of sp³-hybridized carbons (Fsp3) is 0. The van der Waals surface area contributed by atoms with Crippen LogP contribution in [0.25, 0.3) is 110 Å². The molecule has 0 aliphatic carbocycles. The lowest BCUT2D eigenvalue weighted by Crippen LogP contribution is -1.95. The molecule has 0 N–H and O–H groups in total. The Morgan fingerprint density at radius 1 is 0.367 bits per heavy atom. The van der Waals surface area contributed by atoms with Gasteiger partial charge in [0, 0.05) is 43.4 Å². The zero-order chi connectivity index (χ0) is 32.1. The smallest absolute Gasteiger partial charge is 0.180 e. The molecule has 0 atom stereocenters. The van der Waals surface area contributed by atoms with Crippen LogP contribution in [0.15, 0.2) is 159 Å². The Balaban J connectivity index is 1.27. The highest BCUT2D eigenvalue weighted by Crippen LogP contribution is 2.45. The summed E-state index contributed by atoms with van der Waals surface area (Å²) in [6.07, 6.45) is 0. The third-order valence-corrected chi connectivity index (χ3v) is 9.71. The topological polar surface area (TPSA) is 65.2 Å². The van der Waals surface area contributed by atoms with Gasteiger partial charge in [-0.25, -0.2) is 9.97 Å². The SMILES string of the molecule is c1ccc(-c2cc3c(oc4cccc(-c5nc(-c6cccc7oc8ccccc8c67)c6oc7ccccc7c6n5)c43)c3ccccc23)cc1. The molecule has 4 aromatic heterocycles. The standard InChI is InChI=1S/C44H24N2O3/c1-2-12-25(13-3-1)32-24-33-39-31(19-11-23-37(39)49-42(33)27-15-5-4-14-26(27)32)44-45-40-29-17-7-9-21-35(29)48-43(40)41(46-44)30-18-10-22-36-38(30)28-16-6-8-20-34(28)47-36/h1-24H. The van der Waals surface area contributed by atoms with Crippen molar-refractivity contribution in [2.75, 3.05) is 0 Å². The second-order valence-electron chi connectivity index (χ2n) is 12.4. The van der Waals surface area contributed by atoms with E-state index in [2.05, 4.69) is 78.9 Å². The zero-order valence-corrected chi connectivity index (χ0v) is 26.0. The minimum absolute atomic E-state index is 0.599. The number of hydrogen-bond donors (Lipinski definition) is 0. The van der Waals surface area contributed by atoms with Gasteiger partial charge in [0.2, 0.25) is 0 Å². The predicted octanol–water partition coefficient (Wildman–Crippen LogP) is 12.3. The van der Waals surface area contributed by atoms with Crippen molar-refractivity contribution in [2.24, 2.45) is 0 Å². The Kier molecular flexibility index (Phi) is 5.32. The third-order valence-electron chi connectivity index (χ3n) is 9.71. The second-order valence-corrected chi connectivity index (χ2v) is 12.4. The lowest BCUT2D eigenvalue weighted by molar-refractivity contribution is 0.667. The van der Waals surface area contributed by atoms with E-state index in [4.69, 9.17) is 23.2 Å². The molecule has 0 unspecified atom stereocenters. The van der Waals surface area contributed by atoms with Crippen molar-refractivity contribution in [3.63, 3.8) is 0 Å². The number of hydrogen-bond acceptors (Lipinski definition) is 5. The first kappa shape index (κ1) is 26.4. The summed E-state index contributed by atoms with van der Waals surface area (Å²) in [6, 6.07) is 49.6. The number of rotatable bonds is 3. The van der Waals surface area contributed by atoms with Gasteiger partial charge in [-0.3, -0.25) is 0 Å². The van der Waals surface area contributed by atoms with Gasteiger partial charge in [-0.15, -0.1) is 0 Å². The molecular weight excluding hydrogens is 604 g/mol. The summed E-state index contributed by atoms with van der Waals surface area (Å²) < 4.78 is 19.5. The summed E-state index contributed by atoms with van der Waals surface area (Å²) in [6.45, 7) is 0. The predicted molar refractivity (Wildman–Crippen MR) is 198 cm³/mol. The second kappa shape index (κ2) is 9.89. The molecule has 7 aromatic carbocycles. The van der Waals surface area contributed by atoms with Crippen LogP contribution in [0, 0.1) is 0 Å². The molecule has 4 heterocycles. The number of benzene rings is 7. The molecule has 0 spiro atoms. The van der Waals surface area contributed by atoms with Gasteiger partial charge in [-0.05, 0) is 52.9 Å². The van der Waals surface area contributed by atoms with E-state index in [-0.39, 0.29) is 0 Å². The molecule has 0 bridgehead atoms. The lowest BCUT2D eigenvalue weighted by atomic mass is 9.94. The quantitative estimate of drug-likeness (QED) is 0.195. The monoisotopic (exact) mass is 628 g/mol. The van der Waals surface area contributed by atoms with Crippen LogP contribution in [0.4, 0.5) is 0 Å². The van der Waals surface area contributed by atoms with Crippen LogP contribution in [-0.2, 0) is 0 Å². The van der Waals surface area contributed by atoms with Crippen LogP contribution in [0.1, 0.15) is 0 Å². The van der Waals surface area contributed by atoms with Crippen molar-refractivity contribution in [3.05, 3.63) is 146 Å². The van der Waals surface area contributed by atoms with Gasteiger partial charge < -0.3 is 13.3 Å². The number of nitrogens with zero attached hydrogens (tertiary/aromatic N) is 2. The highest BCUT2D eigenvalue weighted by atomic mass is 16.3. The van der Waals surface area contributed by atoms with Crippen molar-refractivity contribution in [1.29, 1.82) is 0 Å². The van der Waals surface area contributed by atoms with Crippen molar-refractivity contribution in [2.45, 2.75) is 0 Å². The molecule has 11 aromatic rings. The Labute approximate surface area is 278 Å². The lowest BCUT2D eigenvalue weighted by Gasteiger charge is -2.10. The molecule has 0 saturated heterocycles. The molecule has 5 heteroatoms. The molecular formula is C44H24N2O3. The molecule has 0 fully saturated rings. The van der Waals surface area contributed by atoms with Crippen molar-refractivity contribution in [3.8, 4) is 33.8 Å². The Morgan fingerprint density at radius 3 is 1.78 bits per heavy atom. The minimum Gasteiger partial charge on any atom is -0.456 e. The first-order valence-electron chi connectivity index (χ1n) is 16.3. The van der Waals surface area contributed by atoms with Crippen LogP contribution < -0.4 is 0 Å².